The van der Waals surface area contributed by atoms with Crippen molar-refractivity contribution in [2.45, 2.75) is 58.0 Å². The van der Waals surface area contributed by atoms with Gasteiger partial charge in [0.2, 0.25) is 5.91 Å². The minimum atomic E-state index is -0.226. The number of hydrogen-bond donors (Lipinski definition) is 0. The van der Waals surface area contributed by atoms with Crippen LogP contribution in [0.4, 0.5) is 4.39 Å². The van der Waals surface area contributed by atoms with Crippen LogP contribution < -0.4 is 0 Å². The summed E-state index contributed by atoms with van der Waals surface area (Å²) in [5, 5.41) is 0. The lowest BCUT2D eigenvalue weighted by Gasteiger charge is -2.22. The molecule has 1 amide bonds. The highest BCUT2D eigenvalue weighted by atomic mass is 19.1. The maximum atomic E-state index is 12.9. The van der Waals surface area contributed by atoms with Crippen molar-refractivity contribution >= 4 is 5.91 Å². The van der Waals surface area contributed by atoms with Crippen molar-refractivity contribution in [3.63, 3.8) is 0 Å². The van der Waals surface area contributed by atoms with Gasteiger partial charge in [0.1, 0.15) is 5.82 Å². The predicted molar refractivity (Wildman–Crippen MR) is 74.1 cm³/mol. The average molecular weight is 263 g/mol. The molecule has 0 bridgehead atoms. The van der Waals surface area contributed by atoms with Gasteiger partial charge in [-0.25, -0.2) is 4.39 Å². The fourth-order valence-corrected chi connectivity index (χ4v) is 2.26. The van der Waals surface area contributed by atoms with Gasteiger partial charge in [0, 0.05) is 19.0 Å². The van der Waals surface area contributed by atoms with Gasteiger partial charge in [-0.3, -0.25) is 4.79 Å². The van der Waals surface area contributed by atoms with Gasteiger partial charge in [0.05, 0.1) is 0 Å². The summed E-state index contributed by atoms with van der Waals surface area (Å²) in [7, 11) is 0. The number of amides is 1. The van der Waals surface area contributed by atoms with Gasteiger partial charge in [-0.15, -0.1) is 0 Å². The Morgan fingerprint density at radius 3 is 2.53 bits per heavy atom. The third-order valence-corrected chi connectivity index (χ3v) is 3.57. The third-order valence-electron chi connectivity index (χ3n) is 3.57. The zero-order chi connectivity index (χ0) is 13.7. The number of carbonyl (C=O) groups is 1. The summed E-state index contributed by atoms with van der Waals surface area (Å²) in [4.78, 5) is 14.2. The van der Waals surface area contributed by atoms with Crippen molar-refractivity contribution in [1.29, 1.82) is 0 Å². The minimum absolute atomic E-state index is 0.226. The molecule has 0 aliphatic heterocycles. The lowest BCUT2D eigenvalue weighted by atomic mass is 10.1. The smallest absolute Gasteiger partial charge is 0.223 e. The normalized spacial score (nSPS) is 14.4. The van der Waals surface area contributed by atoms with Gasteiger partial charge in [0.15, 0.2) is 0 Å². The van der Waals surface area contributed by atoms with Crippen LogP contribution in [0, 0.1) is 5.82 Å². The molecule has 0 unspecified atom stereocenters. The first-order valence-electron chi connectivity index (χ1n) is 7.24. The van der Waals surface area contributed by atoms with E-state index in [2.05, 4.69) is 6.92 Å². The highest BCUT2D eigenvalue weighted by molar-refractivity contribution is 5.76. The van der Waals surface area contributed by atoms with Crippen molar-refractivity contribution in [3.8, 4) is 0 Å². The number of hydrogen-bond acceptors (Lipinski definition) is 1. The second-order valence-electron chi connectivity index (χ2n) is 5.34. The molecule has 104 valence electrons. The van der Waals surface area contributed by atoms with Crippen LogP contribution in [-0.2, 0) is 11.3 Å². The van der Waals surface area contributed by atoms with Crippen LogP contribution in [0.3, 0.4) is 0 Å². The van der Waals surface area contributed by atoms with Crippen molar-refractivity contribution in [2.75, 3.05) is 0 Å². The quantitative estimate of drug-likeness (QED) is 0.683. The summed E-state index contributed by atoms with van der Waals surface area (Å²) < 4.78 is 12.9. The lowest BCUT2D eigenvalue weighted by molar-refractivity contribution is -0.132. The van der Waals surface area contributed by atoms with Crippen molar-refractivity contribution in [1.82, 2.24) is 4.90 Å². The second-order valence-corrected chi connectivity index (χ2v) is 5.34. The lowest BCUT2D eigenvalue weighted by Crippen LogP contribution is -2.32. The number of halogens is 1. The van der Waals surface area contributed by atoms with Crippen LogP contribution >= 0.6 is 0 Å². The van der Waals surface area contributed by atoms with E-state index < -0.39 is 0 Å². The molecule has 1 aliphatic rings. The number of carbonyl (C=O) groups excluding carboxylic acids is 1. The van der Waals surface area contributed by atoms with Gasteiger partial charge < -0.3 is 4.90 Å². The van der Waals surface area contributed by atoms with E-state index in [1.807, 2.05) is 4.90 Å². The Morgan fingerprint density at radius 1 is 1.26 bits per heavy atom. The molecule has 2 rings (SSSR count). The molecular formula is C16H22FNO. The fourth-order valence-electron chi connectivity index (χ4n) is 2.26. The standard InChI is InChI=1S/C16H22FNO/c1-2-3-4-5-16(19)18(15-10-11-15)12-13-6-8-14(17)9-7-13/h6-9,15H,2-5,10-12H2,1H3. The number of nitrogens with zero attached hydrogens (tertiary/aromatic N) is 1. The maximum absolute atomic E-state index is 12.9. The summed E-state index contributed by atoms with van der Waals surface area (Å²) in [6, 6.07) is 6.87. The first-order valence-corrected chi connectivity index (χ1v) is 7.24. The van der Waals surface area contributed by atoms with E-state index in [0.717, 1.165) is 37.7 Å². The molecular weight excluding hydrogens is 241 g/mol. The fraction of sp³-hybridized carbons (Fsp3) is 0.562. The predicted octanol–water partition coefficient (Wildman–Crippen LogP) is 3.90. The van der Waals surface area contributed by atoms with Crippen LogP contribution in [0.5, 0.6) is 0 Å². The molecule has 1 fully saturated rings. The van der Waals surface area contributed by atoms with Gasteiger partial charge in [-0.05, 0) is 37.0 Å². The molecule has 1 saturated carbocycles. The molecule has 0 N–H and O–H groups in total. The molecule has 0 atom stereocenters. The first kappa shape index (κ1) is 14.0. The van der Waals surface area contributed by atoms with Gasteiger partial charge in [-0.2, -0.15) is 0 Å². The molecule has 1 aromatic carbocycles. The Labute approximate surface area is 114 Å². The van der Waals surface area contributed by atoms with Crippen LogP contribution in [0.2, 0.25) is 0 Å². The van der Waals surface area contributed by atoms with Crippen molar-refractivity contribution < 1.29 is 9.18 Å². The Bertz CT molecular complexity index is 411. The second kappa shape index (κ2) is 6.69. The average Bonchev–Trinajstić information content (AvgIpc) is 3.22. The summed E-state index contributed by atoms with van der Waals surface area (Å²) in [6.45, 7) is 2.76. The van der Waals surface area contributed by atoms with E-state index in [9.17, 15) is 9.18 Å². The summed E-state index contributed by atoms with van der Waals surface area (Å²) in [5.41, 5.74) is 1.01. The molecule has 1 aromatic rings. The third kappa shape index (κ3) is 4.34. The molecule has 0 aromatic heterocycles. The molecule has 2 nitrogen and oxygen atoms in total. The van der Waals surface area contributed by atoms with E-state index in [4.69, 9.17) is 0 Å². The zero-order valence-corrected chi connectivity index (χ0v) is 11.6. The van der Waals surface area contributed by atoms with E-state index in [1.54, 1.807) is 12.1 Å². The van der Waals surface area contributed by atoms with Crippen LogP contribution in [0.25, 0.3) is 0 Å². The van der Waals surface area contributed by atoms with Crippen LogP contribution in [0.15, 0.2) is 24.3 Å². The Hall–Kier alpha value is -1.38. The molecule has 0 saturated heterocycles. The molecule has 0 heterocycles. The van der Waals surface area contributed by atoms with Crippen LogP contribution in [0.1, 0.15) is 51.0 Å². The van der Waals surface area contributed by atoms with E-state index in [-0.39, 0.29) is 11.7 Å². The molecule has 0 radical (unpaired) electrons. The molecule has 1 aliphatic carbocycles. The molecule has 19 heavy (non-hydrogen) atoms. The van der Waals surface area contributed by atoms with Crippen molar-refractivity contribution in [2.24, 2.45) is 0 Å². The Balaban J connectivity index is 1.92. The van der Waals surface area contributed by atoms with E-state index >= 15 is 0 Å². The highest BCUT2D eigenvalue weighted by Gasteiger charge is 2.31. The highest BCUT2D eigenvalue weighted by Crippen LogP contribution is 2.29. The van der Waals surface area contributed by atoms with E-state index in [0.29, 0.717) is 19.0 Å². The Kier molecular flexibility index (Phi) is 4.94. The Morgan fingerprint density at radius 2 is 1.95 bits per heavy atom. The van der Waals surface area contributed by atoms with Crippen molar-refractivity contribution in [3.05, 3.63) is 35.6 Å². The summed E-state index contributed by atoms with van der Waals surface area (Å²) in [6.07, 6.45) is 6.09. The number of benzene rings is 1. The molecule has 3 heteroatoms. The van der Waals surface area contributed by atoms with Gasteiger partial charge in [0.25, 0.3) is 0 Å². The van der Waals surface area contributed by atoms with Crippen LogP contribution in [-0.4, -0.2) is 16.8 Å². The monoisotopic (exact) mass is 263 g/mol. The van der Waals surface area contributed by atoms with Gasteiger partial charge in [-0.1, -0.05) is 31.9 Å². The largest absolute Gasteiger partial charge is 0.335 e. The first-order chi connectivity index (χ1) is 9.20. The summed E-state index contributed by atoms with van der Waals surface area (Å²) in [5.74, 6) is 0.0243. The maximum Gasteiger partial charge on any atom is 0.223 e. The molecule has 0 spiro atoms. The van der Waals surface area contributed by atoms with Gasteiger partial charge >= 0.3 is 0 Å². The minimum Gasteiger partial charge on any atom is -0.335 e. The van der Waals surface area contributed by atoms with E-state index in [1.165, 1.54) is 12.1 Å². The number of rotatable bonds is 7. The zero-order valence-electron chi connectivity index (χ0n) is 11.6. The number of unbranched alkanes of at least 4 members (excludes halogenated alkanes) is 2. The summed E-state index contributed by atoms with van der Waals surface area (Å²) >= 11 is 0. The SMILES string of the molecule is CCCCCC(=O)N(Cc1ccc(F)cc1)C1CC1. The topological polar surface area (TPSA) is 20.3 Å².